The molecule has 0 fully saturated rings. The molecule has 0 saturated heterocycles. The first-order valence-corrected chi connectivity index (χ1v) is 5.53. The van der Waals surface area contributed by atoms with Gasteiger partial charge in [-0.25, -0.2) is 4.79 Å². The van der Waals surface area contributed by atoms with E-state index in [2.05, 4.69) is 15.9 Å². The normalized spacial score (nSPS) is 11.9. The molecule has 17 heavy (non-hydrogen) atoms. The van der Waals surface area contributed by atoms with Gasteiger partial charge in [0.25, 0.3) is 0 Å². The summed E-state index contributed by atoms with van der Waals surface area (Å²) in [7, 11) is 0. The first-order chi connectivity index (χ1) is 7.82. The number of aliphatic carboxylic acids is 1. The van der Waals surface area contributed by atoms with Gasteiger partial charge in [0.15, 0.2) is 6.10 Å². The number of nitro groups is 1. The number of benzene rings is 1. The maximum Gasteiger partial charge on any atom is 0.344 e. The Bertz CT molecular complexity index is 479. The van der Waals surface area contributed by atoms with E-state index >= 15 is 0 Å². The summed E-state index contributed by atoms with van der Waals surface area (Å²) in [6, 6.07) is 2.48. The molecule has 0 aliphatic rings. The Kier molecular flexibility index (Phi) is 4.30. The monoisotopic (exact) mass is 323 g/mol. The number of carboxylic acids is 1. The summed E-state index contributed by atoms with van der Waals surface area (Å²) < 4.78 is 5.23. The van der Waals surface area contributed by atoms with Gasteiger partial charge in [0.1, 0.15) is 0 Å². The molecule has 0 heterocycles. The van der Waals surface area contributed by atoms with Gasteiger partial charge in [-0.3, -0.25) is 10.1 Å². The van der Waals surface area contributed by atoms with Crippen LogP contribution in [-0.4, -0.2) is 22.1 Å². The summed E-state index contributed by atoms with van der Waals surface area (Å²) in [5, 5.41) is 19.6. The standard InChI is InChI=1S/C9H7BrClNO5/c1-4(9(13)14)17-8-6(10)2-5(11)3-7(8)12(15)16/h2-4H,1H3,(H,13,14). The highest BCUT2D eigenvalue weighted by molar-refractivity contribution is 9.10. The predicted octanol–water partition coefficient (Wildman–Crippen LogP) is 2.86. The fraction of sp³-hybridized carbons (Fsp3) is 0.222. The number of nitro benzene ring substituents is 1. The van der Waals surface area contributed by atoms with Gasteiger partial charge in [-0.15, -0.1) is 0 Å². The van der Waals surface area contributed by atoms with Crippen molar-refractivity contribution in [2.24, 2.45) is 0 Å². The van der Waals surface area contributed by atoms with E-state index < -0.39 is 22.7 Å². The second-order valence-corrected chi connectivity index (χ2v) is 4.38. The van der Waals surface area contributed by atoms with E-state index in [-0.39, 0.29) is 15.2 Å². The number of nitrogens with zero attached hydrogens (tertiary/aromatic N) is 1. The van der Waals surface area contributed by atoms with E-state index in [1.807, 2.05) is 0 Å². The van der Waals surface area contributed by atoms with E-state index in [1.165, 1.54) is 13.0 Å². The lowest BCUT2D eigenvalue weighted by molar-refractivity contribution is -0.386. The molecule has 1 rings (SSSR count). The largest absolute Gasteiger partial charge is 0.479 e. The molecule has 0 spiro atoms. The molecule has 6 nitrogen and oxygen atoms in total. The molecular weight excluding hydrogens is 317 g/mol. The van der Waals surface area contributed by atoms with Crippen molar-refractivity contribution in [1.29, 1.82) is 0 Å². The number of hydrogen-bond acceptors (Lipinski definition) is 4. The minimum absolute atomic E-state index is 0.152. The molecule has 1 N–H and O–H groups in total. The minimum atomic E-state index is -1.22. The SMILES string of the molecule is CC(Oc1c(Br)cc(Cl)cc1[N+](=O)[O-])C(=O)O. The van der Waals surface area contributed by atoms with Gasteiger partial charge in [0.05, 0.1) is 9.40 Å². The van der Waals surface area contributed by atoms with Crippen molar-refractivity contribution in [3.05, 3.63) is 31.7 Å². The first kappa shape index (κ1) is 13.7. The van der Waals surface area contributed by atoms with Crippen LogP contribution in [0.4, 0.5) is 5.69 Å². The highest BCUT2D eigenvalue weighted by atomic mass is 79.9. The van der Waals surface area contributed by atoms with E-state index in [1.54, 1.807) is 0 Å². The quantitative estimate of drug-likeness (QED) is 0.679. The lowest BCUT2D eigenvalue weighted by atomic mass is 10.3. The van der Waals surface area contributed by atoms with Crippen LogP contribution in [-0.2, 0) is 4.79 Å². The molecule has 0 aromatic heterocycles. The molecule has 1 aromatic rings. The lowest BCUT2D eigenvalue weighted by Gasteiger charge is -2.12. The van der Waals surface area contributed by atoms with Crippen molar-refractivity contribution in [1.82, 2.24) is 0 Å². The third-order valence-corrected chi connectivity index (χ3v) is 2.64. The van der Waals surface area contributed by atoms with Crippen LogP contribution < -0.4 is 4.74 Å². The average molecular weight is 325 g/mol. The Balaban J connectivity index is 3.21. The fourth-order valence-electron chi connectivity index (χ4n) is 1.03. The molecule has 0 aliphatic carbocycles. The zero-order valence-electron chi connectivity index (χ0n) is 8.52. The Morgan fingerprint density at radius 1 is 1.65 bits per heavy atom. The molecule has 1 unspecified atom stereocenters. The lowest BCUT2D eigenvalue weighted by Crippen LogP contribution is -2.23. The molecule has 0 radical (unpaired) electrons. The third-order valence-electron chi connectivity index (χ3n) is 1.83. The minimum Gasteiger partial charge on any atom is -0.479 e. The van der Waals surface area contributed by atoms with Crippen LogP contribution in [0, 0.1) is 10.1 Å². The van der Waals surface area contributed by atoms with Crippen LogP contribution >= 0.6 is 27.5 Å². The van der Waals surface area contributed by atoms with Crippen molar-refractivity contribution < 1.29 is 19.6 Å². The molecule has 92 valence electrons. The summed E-state index contributed by atoms with van der Waals surface area (Å²) >= 11 is 8.70. The highest BCUT2D eigenvalue weighted by Gasteiger charge is 2.24. The number of halogens is 2. The zero-order chi connectivity index (χ0) is 13.2. The first-order valence-electron chi connectivity index (χ1n) is 4.36. The molecular formula is C9H7BrClNO5. The van der Waals surface area contributed by atoms with Crippen molar-refractivity contribution in [2.45, 2.75) is 13.0 Å². The molecule has 8 heteroatoms. The Labute approximate surface area is 109 Å². The summed E-state index contributed by atoms with van der Waals surface area (Å²) in [4.78, 5) is 20.7. The van der Waals surface area contributed by atoms with Crippen LogP contribution in [0.25, 0.3) is 0 Å². The van der Waals surface area contributed by atoms with Crippen LogP contribution in [0.15, 0.2) is 16.6 Å². The fourth-order valence-corrected chi connectivity index (χ4v) is 1.91. The molecule has 1 aromatic carbocycles. The number of hydrogen-bond donors (Lipinski definition) is 1. The Morgan fingerprint density at radius 3 is 2.71 bits per heavy atom. The van der Waals surface area contributed by atoms with Gasteiger partial charge in [-0.1, -0.05) is 11.6 Å². The summed E-state index contributed by atoms with van der Waals surface area (Å²) in [5.41, 5.74) is -0.391. The van der Waals surface area contributed by atoms with Crippen molar-refractivity contribution >= 4 is 39.2 Å². The second-order valence-electron chi connectivity index (χ2n) is 3.09. The van der Waals surface area contributed by atoms with Gasteiger partial charge < -0.3 is 9.84 Å². The Hall–Kier alpha value is -1.34. The number of rotatable bonds is 4. The van der Waals surface area contributed by atoms with Crippen LogP contribution in [0.1, 0.15) is 6.92 Å². The van der Waals surface area contributed by atoms with Gasteiger partial charge in [0, 0.05) is 11.1 Å². The van der Waals surface area contributed by atoms with Crippen LogP contribution in [0.5, 0.6) is 5.75 Å². The van der Waals surface area contributed by atoms with Crippen molar-refractivity contribution in [3.63, 3.8) is 0 Å². The van der Waals surface area contributed by atoms with Gasteiger partial charge in [0.2, 0.25) is 5.75 Å². The molecule has 1 atom stereocenters. The van der Waals surface area contributed by atoms with E-state index in [0.717, 1.165) is 6.07 Å². The molecule has 0 amide bonds. The van der Waals surface area contributed by atoms with Gasteiger partial charge in [-0.05, 0) is 28.9 Å². The maximum absolute atomic E-state index is 10.8. The zero-order valence-corrected chi connectivity index (χ0v) is 10.9. The van der Waals surface area contributed by atoms with Crippen molar-refractivity contribution in [2.75, 3.05) is 0 Å². The number of carboxylic acid groups (broad SMARTS) is 1. The van der Waals surface area contributed by atoms with E-state index in [4.69, 9.17) is 21.4 Å². The topological polar surface area (TPSA) is 89.7 Å². The molecule has 0 saturated carbocycles. The van der Waals surface area contributed by atoms with E-state index in [0.29, 0.717) is 0 Å². The molecule has 0 bridgehead atoms. The second kappa shape index (κ2) is 5.33. The smallest absolute Gasteiger partial charge is 0.344 e. The summed E-state index contributed by atoms with van der Waals surface area (Å²) in [5.74, 6) is -1.38. The van der Waals surface area contributed by atoms with Gasteiger partial charge >= 0.3 is 11.7 Å². The highest BCUT2D eigenvalue weighted by Crippen LogP contribution is 2.38. The van der Waals surface area contributed by atoms with Crippen molar-refractivity contribution in [3.8, 4) is 5.75 Å². The van der Waals surface area contributed by atoms with Crippen LogP contribution in [0.3, 0.4) is 0 Å². The summed E-state index contributed by atoms with van der Waals surface area (Å²) in [6.07, 6.45) is -1.20. The molecule has 0 aliphatic heterocycles. The third kappa shape index (κ3) is 3.31. The Morgan fingerprint density at radius 2 is 2.24 bits per heavy atom. The maximum atomic E-state index is 10.8. The number of carbonyl (C=O) groups is 1. The number of ether oxygens (including phenoxy) is 1. The van der Waals surface area contributed by atoms with Crippen LogP contribution in [0.2, 0.25) is 5.02 Å². The van der Waals surface area contributed by atoms with E-state index in [9.17, 15) is 14.9 Å². The average Bonchev–Trinajstić information content (AvgIpc) is 2.20. The van der Waals surface area contributed by atoms with Gasteiger partial charge in [-0.2, -0.15) is 0 Å². The summed E-state index contributed by atoms with van der Waals surface area (Å²) in [6.45, 7) is 1.27. The predicted molar refractivity (Wildman–Crippen MR) is 63.5 cm³/mol.